The highest BCUT2D eigenvalue weighted by Gasteiger charge is 2.32. The molecule has 1 aliphatic rings. The summed E-state index contributed by atoms with van der Waals surface area (Å²) in [6, 6.07) is 7.33. The van der Waals surface area contributed by atoms with Gasteiger partial charge in [0.25, 0.3) is 0 Å². The number of carbonyl (C=O) groups excluding carboxylic acids is 2. The van der Waals surface area contributed by atoms with E-state index in [0.29, 0.717) is 26.2 Å². The minimum Gasteiger partial charge on any atom is -0.497 e. The average molecular weight is 392 g/mol. The maximum atomic E-state index is 12.8. The van der Waals surface area contributed by atoms with Crippen molar-refractivity contribution in [2.75, 3.05) is 40.4 Å². The van der Waals surface area contributed by atoms with Gasteiger partial charge in [0.15, 0.2) is 0 Å². The number of rotatable bonds is 6. The molecule has 1 aromatic carbocycles. The van der Waals surface area contributed by atoms with E-state index in [1.54, 1.807) is 24.0 Å². The van der Waals surface area contributed by atoms with E-state index in [1.165, 1.54) is 0 Å². The second-order valence-electron chi connectivity index (χ2n) is 8.05. The lowest BCUT2D eigenvalue weighted by atomic mass is 9.97. The number of amides is 2. The topological polar surface area (TPSA) is 68.3 Å². The standard InChI is InChI=1S/C21H32N2O5/c1-21(2,3)28-20(25)23-12-6-7-16(15-23)19(24)22(4)13-14-27-18-10-8-17(26-5)9-11-18/h8-11,16H,6-7,12-15H2,1-5H3. The van der Waals surface area contributed by atoms with E-state index in [0.717, 1.165) is 24.3 Å². The molecule has 2 rings (SSSR count). The number of ether oxygens (including phenoxy) is 3. The van der Waals surface area contributed by atoms with Crippen molar-refractivity contribution in [3.63, 3.8) is 0 Å². The number of methoxy groups -OCH3 is 1. The van der Waals surface area contributed by atoms with Gasteiger partial charge < -0.3 is 24.0 Å². The third kappa shape index (κ3) is 6.62. The fourth-order valence-corrected chi connectivity index (χ4v) is 3.07. The quantitative estimate of drug-likeness (QED) is 0.744. The van der Waals surface area contributed by atoms with Crippen LogP contribution in [0.1, 0.15) is 33.6 Å². The van der Waals surface area contributed by atoms with Gasteiger partial charge in [-0.1, -0.05) is 0 Å². The van der Waals surface area contributed by atoms with Crippen molar-refractivity contribution in [3.05, 3.63) is 24.3 Å². The molecule has 0 spiro atoms. The van der Waals surface area contributed by atoms with E-state index in [1.807, 2.05) is 45.0 Å². The number of carbonyl (C=O) groups is 2. The van der Waals surface area contributed by atoms with Crippen LogP contribution in [0.2, 0.25) is 0 Å². The zero-order valence-corrected chi connectivity index (χ0v) is 17.6. The molecule has 1 atom stereocenters. The molecule has 28 heavy (non-hydrogen) atoms. The lowest BCUT2D eigenvalue weighted by molar-refractivity contribution is -0.136. The molecule has 1 aliphatic heterocycles. The Kier molecular flexibility index (Phi) is 7.54. The largest absolute Gasteiger partial charge is 0.497 e. The number of likely N-dealkylation sites (tertiary alicyclic amines) is 1. The van der Waals surface area contributed by atoms with Gasteiger partial charge in [0.2, 0.25) is 5.91 Å². The first-order valence-electron chi connectivity index (χ1n) is 9.69. The molecule has 0 radical (unpaired) electrons. The summed E-state index contributed by atoms with van der Waals surface area (Å²) in [6.07, 6.45) is 1.23. The molecule has 2 amide bonds. The van der Waals surface area contributed by atoms with Crippen molar-refractivity contribution in [2.45, 2.75) is 39.2 Å². The smallest absolute Gasteiger partial charge is 0.410 e. The first-order chi connectivity index (χ1) is 13.2. The van der Waals surface area contributed by atoms with Gasteiger partial charge in [0.05, 0.1) is 19.6 Å². The number of nitrogens with zero attached hydrogens (tertiary/aromatic N) is 2. The molecule has 0 bridgehead atoms. The second kappa shape index (κ2) is 9.66. The molecule has 0 saturated carbocycles. The van der Waals surface area contributed by atoms with Crippen molar-refractivity contribution < 1.29 is 23.8 Å². The highest BCUT2D eigenvalue weighted by molar-refractivity contribution is 5.80. The summed E-state index contributed by atoms with van der Waals surface area (Å²) in [5, 5.41) is 0. The minimum atomic E-state index is -0.538. The molecule has 1 heterocycles. The number of hydrogen-bond acceptors (Lipinski definition) is 5. The first kappa shape index (κ1) is 21.9. The van der Waals surface area contributed by atoms with Gasteiger partial charge in [-0.15, -0.1) is 0 Å². The Morgan fingerprint density at radius 2 is 1.82 bits per heavy atom. The number of piperidine rings is 1. The molecule has 7 nitrogen and oxygen atoms in total. The number of hydrogen-bond donors (Lipinski definition) is 0. The van der Waals surface area contributed by atoms with Crippen LogP contribution >= 0.6 is 0 Å². The molecule has 0 N–H and O–H groups in total. The second-order valence-corrected chi connectivity index (χ2v) is 8.05. The number of likely N-dealkylation sites (N-methyl/N-ethyl adjacent to an activating group) is 1. The molecule has 1 fully saturated rings. The minimum absolute atomic E-state index is 0.0339. The van der Waals surface area contributed by atoms with Crippen LogP contribution in [0.5, 0.6) is 11.5 Å². The zero-order chi connectivity index (χ0) is 20.7. The molecule has 0 aliphatic carbocycles. The van der Waals surface area contributed by atoms with Gasteiger partial charge >= 0.3 is 6.09 Å². The molecule has 156 valence electrons. The maximum Gasteiger partial charge on any atom is 0.410 e. The van der Waals surface area contributed by atoms with Gasteiger partial charge in [0, 0.05) is 20.1 Å². The highest BCUT2D eigenvalue weighted by Crippen LogP contribution is 2.21. The van der Waals surface area contributed by atoms with E-state index < -0.39 is 5.60 Å². The summed E-state index contributed by atoms with van der Waals surface area (Å²) in [5.41, 5.74) is -0.538. The number of benzene rings is 1. The summed E-state index contributed by atoms with van der Waals surface area (Å²) in [6.45, 7) is 7.43. The van der Waals surface area contributed by atoms with Crippen molar-refractivity contribution in [1.82, 2.24) is 9.80 Å². The molecular formula is C21H32N2O5. The summed E-state index contributed by atoms with van der Waals surface area (Å²) in [4.78, 5) is 28.3. The van der Waals surface area contributed by atoms with Crippen molar-refractivity contribution in [2.24, 2.45) is 5.92 Å². The predicted molar refractivity (Wildman–Crippen MR) is 107 cm³/mol. The third-order valence-electron chi connectivity index (χ3n) is 4.55. The lowest BCUT2D eigenvalue weighted by Crippen LogP contribution is -2.47. The van der Waals surface area contributed by atoms with E-state index >= 15 is 0 Å². The van der Waals surface area contributed by atoms with Crippen LogP contribution in [-0.4, -0.2) is 67.8 Å². The van der Waals surface area contributed by atoms with Crippen molar-refractivity contribution in [1.29, 1.82) is 0 Å². The molecule has 0 aromatic heterocycles. The van der Waals surface area contributed by atoms with Crippen LogP contribution in [0.15, 0.2) is 24.3 Å². The van der Waals surface area contributed by atoms with Gasteiger partial charge in [-0.2, -0.15) is 0 Å². The van der Waals surface area contributed by atoms with Crippen molar-refractivity contribution >= 4 is 12.0 Å². The van der Waals surface area contributed by atoms with Gasteiger partial charge in [0.1, 0.15) is 23.7 Å². The Balaban J connectivity index is 1.80. The Hall–Kier alpha value is -2.44. The van der Waals surface area contributed by atoms with Gasteiger partial charge in [-0.3, -0.25) is 4.79 Å². The maximum absolute atomic E-state index is 12.8. The summed E-state index contributed by atoms with van der Waals surface area (Å²) in [5.74, 6) is 1.33. The Bertz CT molecular complexity index is 654. The van der Waals surface area contributed by atoms with Crippen LogP contribution in [0, 0.1) is 5.92 Å². The fourth-order valence-electron chi connectivity index (χ4n) is 3.07. The van der Waals surface area contributed by atoms with E-state index in [-0.39, 0.29) is 17.9 Å². The van der Waals surface area contributed by atoms with Crippen LogP contribution < -0.4 is 9.47 Å². The van der Waals surface area contributed by atoms with E-state index in [9.17, 15) is 9.59 Å². The molecule has 1 aromatic rings. The van der Waals surface area contributed by atoms with Crippen LogP contribution in [0.4, 0.5) is 4.79 Å². The van der Waals surface area contributed by atoms with Gasteiger partial charge in [-0.25, -0.2) is 4.79 Å². The van der Waals surface area contributed by atoms with Crippen LogP contribution in [0.3, 0.4) is 0 Å². The Morgan fingerprint density at radius 1 is 1.18 bits per heavy atom. The molecule has 7 heteroatoms. The first-order valence-corrected chi connectivity index (χ1v) is 9.69. The monoisotopic (exact) mass is 392 g/mol. The van der Waals surface area contributed by atoms with E-state index in [4.69, 9.17) is 14.2 Å². The predicted octanol–water partition coefficient (Wildman–Crippen LogP) is 3.18. The van der Waals surface area contributed by atoms with Crippen LogP contribution in [-0.2, 0) is 9.53 Å². The lowest BCUT2D eigenvalue weighted by Gasteiger charge is -2.35. The molecule has 1 unspecified atom stereocenters. The van der Waals surface area contributed by atoms with Crippen molar-refractivity contribution in [3.8, 4) is 11.5 Å². The normalized spacial score (nSPS) is 17.0. The zero-order valence-electron chi connectivity index (χ0n) is 17.6. The SMILES string of the molecule is COc1ccc(OCCN(C)C(=O)C2CCCN(C(=O)OC(C)(C)C)C2)cc1. The molecule has 1 saturated heterocycles. The highest BCUT2D eigenvalue weighted by atomic mass is 16.6. The summed E-state index contributed by atoms with van der Waals surface area (Å²) >= 11 is 0. The summed E-state index contributed by atoms with van der Waals surface area (Å²) in [7, 11) is 3.39. The Labute approximate surface area is 167 Å². The fraction of sp³-hybridized carbons (Fsp3) is 0.619. The van der Waals surface area contributed by atoms with Crippen LogP contribution in [0.25, 0.3) is 0 Å². The average Bonchev–Trinajstić information content (AvgIpc) is 2.66. The van der Waals surface area contributed by atoms with Gasteiger partial charge in [-0.05, 0) is 57.9 Å². The third-order valence-corrected chi connectivity index (χ3v) is 4.55. The summed E-state index contributed by atoms with van der Waals surface area (Å²) < 4.78 is 16.2. The Morgan fingerprint density at radius 3 is 2.43 bits per heavy atom. The van der Waals surface area contributed by atoms with E-state index in [2.05, 4.69) is 0 Å². The molecular weight excluding hydrogens is 360 g/mol.